The Bertz CT molecular complexity index is 839. The number of nitrogens with zero attached hydrogens (tertiary/aromatic N) is 2. The highest BCUT2D eigenvalue weighted by molar-refractivity contribution is 5.81. The predicted octanol–water partition coefficient (Wildman–Crippen LogP) is 3.10. The Hall–Kier alpha value is -2.69. The number of nitrogens with one attached hydrogen (secondary N) is 1. The maximum absolute atomic E-state index is 12.9. The first kappa shape index (κ1) is 16.2. The Morgan fingerprint density at radius 3 is 2.67 bits per heavy atom. The van der Waals surface area contributed by atoms with E-state index in [2.05, 4.69) is 10.3 Å². The number of hydrogen-bond donors (Lipinski definition) is 1. The van der Waals surface area contributed by atoms with E-state index in [1.54, 1.807) is 12.1 Å². The molecule has 1 amide bonds. The second-order valence-corrected chi connectivity index (χ2v) is 5.68. The van der Waals surface area contributed by atoms with E-state index in [1.807, 2.05) is 35.8 Å². The van der Waals surface area contributed by atoms with E-state index >= 15 is 0 Å². The molecule has 5 heteroatoms. The number of carbonyl (C=O) groups is 1. The zero-order valence-electron chi connectivity index (χ0n) is 13.6. The van der Waals surface area contributed by atoms with E-state index in [4.69, 9.17) is 0 Å². The molecule has 0 saturated carbocycles. The van der Waals surface area contributed by atoms with E-state index in [9.17, 15) is 9.18 Å². The van der Waals surface area contributed by atoms with Gasteiger partial charge in [-0.15, -0.1) is 0 Å². The number of amides is 1. The lowest BCUT2D eigenvalue weighted by Gasteiger charge is -2.09. The summed E-state index contributed by atoms with van der Waals surface area (Å²) < 4.78 is 14.8. The predicted molar refractivity (Wildman–Crippen MR) is 92.2 cm³/mol. The average Bonchev–Trinajstić information content (AvgIpc) is 2.94. The molecule has 0 saturated heterocycles. The Labute approximate surface area is 140 Å². The summed E-state index contributed by atoms with van der Waals surface area (Å²) in [4.78, 5) is 16.8. The van der Waals surface area contributed by atoms with Gasteiger partial charge in [0.05, 0.1) is 11.0 Å². The molecule has 0 fully saturated rings. The SMILES string of the molecule is CCc1nc2ccccc2n1CC(=O)NCCc1ccc(F)cc1. The van der Waals surface area contributed by atoms with Gasteiger partial charge in [-0.05, 0) is 36.2 Å². The number of aromatic nitrogens is 2. The normalized spacial score (nSPS) is 10.9. The molecule has 0 aliphatic carbocycles. The Morgan fingerprint density at radius 2 is 1.92 bits per heavy atom. The zero-order chi connectivity index (χ0) is 16.9. The Balaban J connectivity index is 1.61. The highest BCUT2D eigenvalue weighted by Gasteiger charge is 2.11. The molecule has 2 aromatic carbocycles. The van der Waals surface area contributed by atoms with Gasteiger partial charge >= 0.3 is 0 Å². The van der Waals surface area contributed by atoms with Gasteiger partial charge in [-0.1, -0.05) is 31.2 Å². The first-order valence-corrected chi connectivity index (χ1v) is 8.12. The summed E-state index contributed by atoms with van der Waals surface area (Å²) in [6, 6.07) is 14.2. The minimum absolute atomic E-state index is 0.0463. The van der Waals surface area contributed by atoms with Crippen LogP contribution in [-0.2, 0) is 24.2 Å². The van der Waals surface area contributed by atoms with Crippen LogP contribution in [0.1, 0.15) is 18.3 Å². The molecule has 1 aromatic heterocycles. The molecule has 1 heterocycles. The van der Waals surface area contributed by atoms with Crippen molar-refractivity contribution in [3.05, 3.63) is 65.7 Å². The third-order valence-corrected chi connectivity index (χ3v) is 4.00. The average molecular weight is 325 g/mol. The largest absolute Gasteiger partial charge is 0.354 e. The number of hydrogen-bond acceptors (Lipinski definition) is 2. The van der Waals surface area contributed by atoms with E-state index < -0.39 is 0 Å². The first-order valence-electron chi connectivity index (χ1n) is 8.12. The van der Waals surface area contributed by atoms with Crippen molar-refractivity contribution in [2.75, 3.05) is 6.54 Å². The number of carbonyl (C=O) groups excluding carboxylic acids is 1. The molecule has 0 bridgehead atoms. The van der Waals surface area contributed by atoms with Crippen LogP contribution in [0.2, 0.25) is 0 Å². The van der Waals surface area contributed by atoms with E-state index in [1.165, 1.54) is 12.1 Å². The van der Waals surface area contributed by atoms with E-state index in [-0.39, 0.29) is 18.3 Å². The maximum atomic E-state index is 12.9. The van der Waals surface area contributed by atoms with Crippen LogP contribution >= 0.6 is 0 Å². The van der Waals surface area contributed by atoms with Crippen molar-refractivity contribution in [3.8, 4) is 0 Å². The van der Waals surface area contributed by atoms with E-state index in [0.29, 0.717) is 13.0 Å². The molecule has 0 spiro atoms. The summed E-state index contributed by atoms with van der Waals surface area (Å²) in [6.07, 6.45) is 1.45. The molecular formula is C19H20FN3O. The third kappa shape index (κ3) is 3.62. The molecule has 3 rings (SSSR count). The van der Waals surface area contributed by atoms with Gasteiger partial charge < -0.3 is 9.88 Å². The van der Waals surface area contributed by atoms with Gasteiger partial charge in [-0.3, -0.25) is 4.79 Å². The minimum Gasteiger partial charge on any atom is -0.354 e. The lowest BCUT2D eigenvalue weighted by atomic mass is 10.1. The fraction of sp³-hybridized carbons (Fsp3) is 0.263. The fourth-order valence-corrected chi connectivity index (χ4v) is 2.77. The molecule has 0 radical (unpaired) electrons. The van der Waals surface area contributed by atoms with Crippen LogP contribution in [0.3, 0.4) is 0 Å². The number of fused-ring (bicyclic) bond motifs is 1. The number of para-hydroxylation sites is 2. The molecule has 0 aliphatic heterocycles. The first-order chi connectivity index (χ1) is 11.7. The van der Waals surface area contributed by atoms with Gasteiger partial charge in [0.15, 0.2) is 0 Å². The minimum atomic E-state index is -0.248. The smallest absolute Gasteiger partial charge is 0.240 e. The van der Waals surface area contributed by atoms with Crippen molar-refractivity contribution in [2.24, 2.45) is 0 Å². The molecular weight excluding hydrogens is 305 g/mol. The molecule has 0 aliphatic rings. The van der Waals surface area contributed by atoms with Crippen LogP contribution in [0.5, 0.6) is 0 Å². The zero-order valence-corrected chi connectivity index (χ0v) is 13.6. The van der Waals surface area contributed by atoms with Crippen LogP contribution in [0, 0.1) is 5.82 Å². The van der Waals surface area contributed by atoms with Crippen molar-refractivity contribution in [3.63, 3.8) is 0 Å². The van der Waals surface area contributed by atoms with E-state index in [0.717, 1.165) is 28.8 Å². The van der Waals surface area contributed by atoms with Crippen LogP contribution < -0.4 is 5.32 Å². The molecule has 1 N–H and O–H groups in total. The van der Waals surface area contributed by atoms with Crippen molar-refractivity contribution in [1.29, 1.82) is 0 Å². The topological polar surface area (TPSA) is 46.9 Å². The number of imidazole rings is 1. The van der Waals surface area contributed by atoms with Crippen molar-refractivity contribution in [1.82, 2.24) is 14.9 Å². The Kier molecular flexibility index (Phi) is 4.89. The highest BCUT2D eigenvalue weighted by Crippen LogP contribution is 2.16. The summed E-state index contributed by atoms with van der Waals surface area (Å²) in [5, 5.41) is 2.92. The molecule has 3 aromatic rings. The van der Waals surface area contributed by atoms with Gasteiger partial charge in [0.1, 0.15) is 18.2 Å². The van der Waals surface area contributed by atoms with Crippen molar-refractivity contribution < 1.29 is 9.18 Å². The molecule has 0 unspecified atom stereocenters. The number of aryl methyl sites for hydroxylation is 1. The standard InChI is InChI=1S/C19H20FN3O/c1-2-18-22-16-5-3-4-6-17(16)23(18)13-19(24)21-12-11-14-7-9-15(20)10-8-14/h3-10H,2,11-13H2,1H3,(H,21,24). The van der Waals surface area contributed by atoms with Gasteiger partial charge in [0.25, 0.3) is 0 Å². The van der Waals surface area contributed by atoms with Crippen molar-refractivity contribution >= 4 is 16.9 Å². The van der Waals surface area contributed by atoms with Gasteiger partial charge in [-0.25, -0.2) is 9.37 Å². The molecule has 0 atom stereocenters. The summed E-state index contributed by atoms with van der Waals surface area (Å²) in [7, 11) is 0. The lowest BCUT2D eigenvalue weighted by molar-refractivity contribution is -0.121. The molecule has 124 valence electrons. The summed E-state index contributed by atoms with van der Waals surface area (Å²) in [5.41, 5.74) is 2.88. The number of benzene rings is 2. The highest BCUT2D eigenvalue weighted by atomic mass is 19.1. The second kappa shape index (κ2) is 7.25. The quantitative estimate of drug-likeness (QED) is 0.757. The number of halogens is 1. The number of rotatable bonds is 6. The van der Waals surface area contributed by atoms with Crippen LogP contribution in [0.4, 0.5) is 4.39 Å². The maximum Gasteiger partial charge on any atom is 0.240 e. The van der Waals surface area contributed by atoms with Gasteiger partial charge in [0.2, 0.25) is 5.91 Å². The van der Waals surface area contributed by atoms with Crippen LogP contribution in [0.15, 0.2) is 48.5 Å². The lowest BCUT2D eigenvalue weighted by Crippen LogP contribution is -2.29. The fourth-order valence-electron chi connectivity index (χ4n) is 2.77. The summed E-state index contributed by atoms with van der Waals surface area (Å²) in [6.45, 7) is 2.82. The Morgan fingerprint density at radius 1 is 1.17 bits per heavy atom. The monoisotopic (exact) mass is 325 g/mol. The third-order valence-electron chi connectivity index (χ3n) is 4.00. The van der Waals surface area contributed by atoms with Gasteiger partial charge in [-0.2, -0.15) is 0 Å². The summed E-state index contributed by atoms with van der Waals surface area (Å²) in [5.74, 6) is 0.613. The van der Waals surface area contributed by atoms with Crippen LogP contribution in [0.25, 0.3) is 11.0 Å². The summed E-state index contributed by atoms with van der Waals surface area (Å²) >= 11 is 0. The molecule has 24 heavy (non-hydrogen) atoms. The second-order valence-electron chi connectivity index (χ2n) is 5.68. The van der Waals surface area contributed by atoms with Crippen LogP contribution in [-0.4, -0.2) is 22.0 Å². The molecule has 4 nitrogen and oxygen atoms in total. The van der Waals surface area contributed by atoms with Crippen molar-refractivity contribution in [2.45, 2.75) is 26.3 Å². The van der Waals surface area contributed by atoms with Gasteiger partial charge in [0, 0.05) is 13.0 Å².